The lowest BCUT2D eigenvalue weighted by atomic mass is 9.95. The highest BCUT2D eigenvalue weighted by Crippen LogP contribution is 2.27. The van der Waals surface area contributed by atoms with Crippen LogP contribution in [0, 0.1) is 11.7 Å². The molecule has 0 radical (unpaired) electrons. The largest absolute Gasteiger partial charge is 0.342 e. The lowest BCUT2D eigenvalue weighted by molar-refractivity contribution is -0.137. The van der Waals surface area contributed by atoms with Gasteiger partial charge in [-0.1, -0.05) is 17.7 Å². The van der Waals surface area contributed by atoms with Crippen molar-refractivity contribution in [3.05, 3.63) is 34.6 Å². The second-order valence-corrected chi connectivity index (χ2v) is 9.39. The molecule has 8 heteroatoms. The zero-order valence-electron chi connectivity index (χ0n) is 14.7. The van der Waals surface area contributed by atoms with Gasteiger partial charge in [-0.3, -0.25) is 4.79 Å². The van der Waals surface area contributed by atoms with Crippen molar-refractivity contribution in [2.24, 2.45) is 5.92 Å². The van der Waals surface area contributed by atoms with E-state index in [2.05, 4.69) is 0 Å². The lowest BCUT2D eigenvalue weighted by Crippen LogP contribution is -2.45. The molecule has 0 atom stereocenters. The molecule has 1 aromatic rings. The van der Waals surface area contributed by atoms with Crippen LogP contribution < -0.4 is 0 Å². The summed E-state index contributed by atoms with van der Waals surface area (Å²) in [6.07, 6.45) is 4.28. The Kier molecular flexibility index (Phi) is 6.20. The van der Waals surface area contributed by atoms with Crippen LogP contribution in [0.15, 0.2) is 18.2 Å². The smallest absolute Gasteiger partial charge is 0.225 e. The fourth-order valence-corrected chi connectivity index (χ4v) is 5.61. The maximum atomic E-state index is 13.9. The molecule has 0 unspecified atom stereocenters. The molecule has 0 spiro atoms. The minimum Gasteiger partial charge on any atom is -0.342 e. The van der Waals surface area contributed by atoms with E-state index in [0.717, 1.165) is 25.9 Å². The Morgan fingerprint density at radius 2 is 1.77 bits per heavy atom. The summed E-state index contributed by atoms with van der Waals surface area (Å²) in [4.78, 5) is 14.5. The summed E-state index contributed by atoms with van der Waals surface area (Å²) in [7, 11) is -3.67. The maximum Gasteiger partial charge on any atom is 0.225 e. The fraction of sp³-hybridized carbons (Fsp3) is 0.611. The van der Waals surface area contributed by atoms with Gasteiger partial charge in [-0.05, 0) is 44.2 Å². The van der Waals surface area contributed by atoms with Crippen molar-refractivity contribution in [2.75, 3.05) is 26.2 Å². The summed E-state index contributed by atoms with van der Waals surface area (Å²) in [5.41, 5.74) is 0.000633. The highest BCUT2D eigenvalue weighted by molar-refractivity contribution is 7.88. The second-order valence-electron chi connectivity index (χ2n) is 7.02. The quantitative estimate of drug-likeness (QED) is 0.777. The number of amides is 1. The van der Waals surface area contributed by atoms with E-state index in [1.165, 1.54) is 28.9 Å². The zero-order chi connectivity index (χ0) is 18.7. The van der Waals surface area contributed by atoms with E-state index >= 15 is 0 Å². The molecule has 1 amide bonds. The molecule has 0 saturated carbocycles. The van der Waals surface area contributed by atoms with Gasteiger partial charge in [0.1, 0.15) is 5.82 Å². The Hall–Kier alpha value is -1.18. The molecule has 2 saturated heterocycles. The van der Waals surface area contributed by atoms with E-state index in [1.807, 2.05) is 4.90 Å². The van der Waals surface area contributed by atoms with Crippen molar-refractivity contribution in [1.82, 2.24) is 9.21 Å². The number of carbonyl (C=O) groups is 1. The highest BCUT2D eigenvalue weighted by atomic mass is 35.5. The summed E-state index contributed by atoms with van der Waals surface area (Å²) in [5, 5.41) is 0.115. The molecule has 0 N–H and O–H groups in total. The summed E-state index contributed by atoms with van der Waals surface area (Å²) >= 11 is 5.95. The van der Waals surface area contributed by atoms with E-state index in [0.29, 0.717) is 25.9 Å². The summed E-state index contributed by atoms with van der Waals surface area (Å²) < 4.78 is 40.5. The number of hydrogen-bond donors (Lipinski definition) is 0. The monoisotopic (exact) mass is 402 g/mol. The van der Waals surface area contributed by atoms with Crippen LogP contribution in [0.1, 0.15) is 37.7 Å². The van der Waals surface area contributed by atoms with Crippen LogP contribution in [0.5, 0.6) is 0 Å². The lowest BCUT2D eigenvalue weighted by Gasteiger charge is -2.35. The molecule has 1 aromatic carbocycles. The predicted octanol–water partition coefficient (Wildman–Crippen LogP) is 3.03. The van der Waals surface area contributed by atoms with E-state index < -0.39 is 21.6 Å². The average molecular weight is 403 g/mol. The van der Waals surface area contributed by atoms with Gasteiger partial charge in [-0.2, -0.15) is 0 Å². The van der Waals surface area contributed by atoms with Crippen LogP contribution >= 0.6 is 11.6 Å². The molecule has 2 fully saturated rings. The molecular formula is C18H24ClFN2O3S. The number of rotatable bonds is 4. The Balaban J connectivity index is 1.60. The van der Waals surface area contributed by atoms with Gasteiger partial charge in [0.15, 0.2) is 0 Å². The minimum atomic E-state index is -3.67. The molecule has 0 aliphatic carbocycles. The van der Waals surface area contributed by atoms with E-state index in [9.17, 15) is 17.6 Å². The van der Waals surface area contributed by atoms with Crippen LogP contribution in [0.2, 0.25) is 5.02 Å². The van der Waals surface area contributed by atoms with Crippen LogP contribution in [-0.2, 0) is 20.6 Å². The molecule has 2 heterocycles. The first-order valence-electron chi connectivity index (χ1n) is 9.08. The first-order valence-corrected chi connectivity index (χ1v) is 11.1. The Morgan fingerprint density at radius 3 is 2.38 bits per heavy atom. The number of benzene rings is 1. The Bertz CT molecular complexity index is 737. The number of halogens is 2. The zero-order valence-corrected chi connectivity index (χ0v) is 16.2. The molecule has 2 aliphatic rings. The molecule has 26 heavy (non-hydrogen) atoms. The highest BCUT2D eigenvalue weighted by Gasteiger charge is 2.34. The summed E-state index contributed by atoms with van der Waals surface area (Å²) in [6, 6.07) is 4.14. The van der Waals surface area contributed by atoms with Crippen LogP contribution in [0.25, 0.3) is 0 Å². The molecular weight excluding hydrogens is 379 g/mol. The van der Waals surface area contributed by atoms with Gasteiger partial charge in [-0.25, -0.2) is 17.1 Å². The van der Waals surface area contributed by atoms with Crippen molar-refractivity contribution >= 4 is 27.5 Å². The third kappa shape index (κ3) is 4.38. The molecule has 0 aromatic heterocycles. The molecule has 2 aliphatic heterocycles. The van der Waals surface area contributed by atoms with Gasteiger partial charge in [0.05, 0.1) is 5.75 Å². The molecule has 3 rings (SSSR count). The van der Waals surface area contributed by atoms with Crippen molar-refractivity contribution in [3.8, 4) is 0 Å². The van der Waals surface area contributed by atoms with Gasteiger partial charge in [0.25, 0.3) is 0 Å². The SMILES string of the molecule is O=C(C1CCN(S(=O)(=O)Cc2c(F)cccc2Cl)CC1)N1CCCCC1. The van der Waals surface area contributed by atoms with Crippen LogP contribution in [-0.4, -0.2) is 49.7 Å². The first kappa shape index (κ1) is 19.6. The second kappa shape index (κ2) is 8.23. The number of nitrogens with zero attached hydrogens (tertiary/aromatic N) is 2. The maximum absolute atomic E-state index is 13.9. The number of hydrogen-bond acceptors (Lipinski definition) is 3. The van der Waals surface area contributed by atoms with Crippen LogP contribution in [0.3, 0.4) is 0 Å². The number of likely N-dealkylation sites (tertiary alicyclic amines) is 1. The Morgan fingerprint density at radius 1 is 1.12 bits per heavy atom. The molecule has 144 valence electrons. The summed E-state index contributed by atoms with van der Waals surface area (Å²) in [5.74, 6) is -1.03. The number of carbonyl (C=O) groups excluding carboxylic acids is 1. The van der Waals surface area contributed by atoms with Gasteiger partial charge >= 0.3 is 0 Å². The van der Waals surface area contributed by atoms with Crippen LogP contribution in [0.4, 0.5) is 4.39 Å². The molecule has 5 nitrogen and oxygen atoms in total. The third-order valence-corrected chi connectivity index (χ3v) is 7.41. The van der Waals surface area contributed by atoms with Crippen molar-refractivity contribution in [3.63, 3.8) is 0 Å². The average Bonchev–Trinajstić information content (AvgIpc) is 2.65. The summed E-state index contributed by atoms with van der Waals surface area (Å²) in [6.45, 7) is 2.20. The van der Waals surface area contributed by atoms with Crippen molar-refractivity contribution in [1.29, 1.82) is 0 Å². The van der Waals surface area contributed by atoms with Gasteiger partial charge < -0.3 is 4.90 Å². The third-order valence-electron chi connectivity index (χ3n) is 5.25. The van der Waals surface area contributed by atoms with E-state index in [4.69, 9.17) is 11.6 Å². The normalized spacial score (nSPS) is 20.3. The number of sulfonamides is 1. The van der Waals surface area contributed by atoms with Gasteiger partial charge in [0.2, 0.25) is 15.9 Å². The molecule has 0 bridgehead atoms. The van der Waals surface area contributed by atoms with E-state index in [1.54, 1.807) is 0 Å². The topological polar surface area (TPSA) is 57.7 Å². The predicted molar refractivity (Wildman–Crippen MR) is 98.8 cm³/mol. The van der Waals surface area contributed by atoms with Gasteiger partial charge in [0, 0.05) is 42.7 Å². The van der Waals surface area contributed by atoms with Crippen molar-refractivity contribution in [2.45, 2.75) is 37.9 Å². The number of piperidine rings is 2. The fourth-order valence-electron chi connectivity index (χ4n) is 3.70. The van der Waals surface area contributed by atoms with Gasteiger partial charge in [-0.15, -0.1) is 0 Å². The minimum absolute atomic E-state index is 0.000633. The Labute approximate surface area is 159 Å². The first-order chi connectivity index (χ1) is 12.4. The standard InChI is InChI=1S/C18H24ClFN2O3S/c19-16-5-4-6-17(20)15(16)13-26(24,25)22-11-7-14(8-12-22)18(23)21-9-2-1-3-10-21/h4-6,14H,1-3,7-13H2. The van der Waals surface area contributed by atoms with Crippen molar-refractivity contribution < 1.29 is 17.6 Å². The van der Waals surface area contributed by atoms with E-state index in [-0.39, 0.29) is 22.4 Å².